The highest BCUT2D eigenvalue weighted by Crippen LogP contribution is 2.17. The molecule has 0 saturated carbocycles. The molecule has 30 heavy (non-hydrogen) atoms. The number of likely N-dealkylation sites (tertiary alicyclic amines) is 1. The minimum atomic E-state index is -0.540. The van der Waals surface area contributed by atoms with Crippen molar-refractivity contribution in [3.05, 3.63) is 27.0 Å². The van der Waals surface area contributed by atoms with E-state index in [2.05, 4.69) is 37.2 Å². The van der Waals surface area contributed by atoms with E-state index >= 15 is 0 Å². The standard InChI is InChI=1S/C16H22ClN5O2.C4H6BrN/c17-13-9-12(16(24)21-14(13)19)15(23)20-10-11-3-7-22(8-4-11)6-2-1-5-18;5-3-1-2-4-6/h9,11H,1-4,6-8,10H2,(H,20,23)(H3,19,21,24);1-3H2. The second kappa shape index (κ2) is 14.8. The fourth-order valence-corrected chi connectivity index (χ4v) is 3.40. The van der Waals surface area contributed by atoms with Gasteiger partial charge in [-0.1, -0.05) is 27.5 Å². The fraction of sp³-hybridized carbons (Fsp3) is 0.600. The quantitative estimate of drug-likeness (QED) is 0.371. The molecule has 164 valence electrons. The molecule has 2 heterocycles. The van der Waals surface area contributed by atoms with Gasteiger partial charge in [0.15, 0.2) is 0 Å². The van der Waals surface area contributed by atoms with Gasteiger partial charge < -0.3 is 20.9 Å². The van der Waals surface area contributed by atoms with Crippen molar-refractivity contribution < 1.29 is 4.79 Å². The molecule has 1 saturated heterocycles. The lowest BCUT2D eigenvalue weighted by Gasteiger charge is -2.31. The summed E-state index contributed by atoms with van der Waals surface area (Å²) in [5.74, 6) is 0.0149. The topological polar surface area (TPSA) is 139 Å². The van der Waals surface area contributed by atoms with Gasteiger partial charge in [-0.25, -0.2) is 0 Å². The average Bonchev–Trinajstić information content (AvgIpc) is 2.74. The van der Waals surface area contributed by atoms with Crippen LogP contribution in [0.1, 0.15) is 48.9 Å². The molecule has 1 amide bonds. The molecule has 1 aromatic rings. The van der Waals surface area contributed by atoms with Gasteiger partial charge in [-0.15, -0.1) is 0 Å². The summed E-state index contributed by atoms with van der Waals surface area (Å²) in [6.07, 6.45) is 5.12. The van der Waals surface area contributed by atoms with Crippen LogP contribution in [0.5, 0.6) is 0 Å². The molecule has 1 aromatic heterocycles. The van der Waals surface area contributed by atoms with Crippen molar-refractivity contribution >= 4 is 39.3 Å². The SMILES string of the molecule is N#CCCCBr.N#CCCCN1CCC(CNC(=O)c2cc(Cl)c(N)[nH]c2=O)CC1. The first kappa shape index (κ1) is 26.0. The Morgan fingerprint density at radius 3 is 2.50 bits per heavy atom. The predicted molar refractivity (Wildman–Crippen MR) is 121 cm³/mol. The summed E-state index contributed by atoms with van der Waals surface area (Å²) in [6, 6.07) is 5.49. The molecule has 1 aliphatic rings. The lowest BCUT2D eigenvalue weighted by molar-refractivity contribution is 0.0934. The number of halogens is 2. The van der Waals surface area contributed by atoms with Crippen molar-refractivity contribution in [3.8, 4) is 12.1 Å². The van der Waals surface area contributed by atoms with Crippen LogP contribution < -0.4 is 16.6 Å². The van der Waals surface area contributed by atoms with Gasteiger partial charge in [-0.3, -0.25) is 9.59 Å². The van der Waals surface area contributed by atoms with Gasteiger partial charge in [0.1, 0.15) is 11.4 Å². The van der Waals surface area contributed by atoms with Crippen LogP contribution in [0.2, 0.25) is 5.02 Å². The number of piperidine rings is 1. The molecule has 2 rings (SSSR count). The lowest BCUT2D eigenvalue weighted by Crippen LogP contribution is -2.39. The second-order valence-corrected chi connectivity index (χ2v) is 8.18. The molecule has 0 radical (unpaired) electrons. The number of rotatable bonds is 8. The van der Waals surface area contributed by atoms with Crippen molar-refractivity contribution in [1.82, 2.24) is 15.2 Å². The number of carbonyl (C=O) groups is 1. The van der Waals surface area contributed by atoms with Gasteiger partial charge in [0.25, 0.3) is 11.5 Å². The first-order valence-corrected chi connectivity index (χ1v) is 11.4. The van der Waals surface area contributed by atoms with Crippen molar-refractivity contribution in [3.63, 3.8) is 0 Å². The number of nitrogen functional groups attached to an aromatic ring is 1. The third-order valence-electron chi connectivity index (χ3n) is 4.71. The minimum Gasteiger partial charge on any atom is -0.384 e. The number of nitrogens with zero attached hydrogens (tertiary/aromatic N) is 3. The van der Waals surface area contributed by atoms with Crippen molar-refractivity contribution in [1.29, 1.82) is 10.5 Å². The Balaban J connectivity index is 0.000000656. The number of anilines is 1. The molecule has 0 aromatic carbocycles. The number of unbranched alkanes of at least 4 members (excludes halogenated alkanes) is 2. The first-order valence-electron chi connectivity index (χ1n) is 9.91. The van der Waals surface area contributed by atoms with E-state index in [0.717, 1.165) is 50.6 Å². The Kier molecular flexibility index (Phi) is 12.8. The zero-order chi connectivity index (χ0) is 22.4. The fourth-order valence-electron chi connectivity index (χ4n) is 2.96. The number of nitrogens with two attached hydrogens (primary N) is 1. The summed E-state index contributed by atoms with van der Waals surface area (Å²) in [4.78, 5) is 28.6. The maximum Gasteiger partial charge on any atom is 0.262 e. The number of aromatic amines is 1. The molecule has 0 bridgehead atoms. The number of hydrogen-bond donors (Lipinski definition) is 3. The maximum atomic E-state index is 12.1. The van der Waals surface area contributed by atoms with E-state index in [0.29, 0.717) is 25.3 Å². The van der Waals surface area contributed by atoms with Crippen LogP contribution in [-0.2, 0) is 0 Å². The van der Waals surface area contributed by atoms with E-state index in [1.807, 2.05) is 6.07 Å². The number of alkyl halides is 1. The number of pyridine rings is 1. The van der Waals surface area contributed by atoms with Crippen molar-refractivity contribution in [2.45, 2.75) is 38.5 Å². The monoisotopic (exact) mass is 498 g/mol. The highest BCUT2D eigenvalue weighted by atomic mass is 79.9. The predicted octanol–water partition coefficient (Wildman–Crippen LogP) is 3.04. The maximum absolute atomic E-state index is 12.1. The summed E-state index contributed by atoms with van der Waals surface area (Å²) in [5.41, 5.74) is 4.93. The van der Waals surface area contributed by atoms with Crippen LogP contribution in [0.3, 0.4) is 0 Å². The Hall–Kier alpha value is -2.07. The Labute approximate surface area is 190 Å². The van der Waals surface area contributed by atoms with E-state index in [1.54, 1.807) is 0 Å². The molecule has 0 unspecified atom stereocenters. The summed E-state index contributed by atoms with van der Waals surface area (Å²) in [5, 5.41) is 20.4. The second-order valence-electron chi connectivity index (χ2n) is 6.98. The lowest BCUT2D eigenvalue weighted by atomic mass is 9.96. The minimum absolute atomic E-state index is 0.0249. The first-order chi connectivity index (χ1) is 14.4. The van der Waals surface area contributed by atoms with Crippen LogP contribution in [0.25, 0.3) is 0 Å². The molecule has 10 heteroatoms. The van der Waals surface area contributed by atoms with Gasteiger partial charge in [0, 0.05) is 24.7 Å². The molecule has 0 aliphatic carbocycles. The Bertz CT molecular complexity index is 809. The summed E-state index contributed by atoms with van der Waals surface area (Å²) in [7, 11) is 0. The number of amides is 1. The van der Waals surface area contributed by atoms with E-state index in [9.17, 15) is 9.59 Å². The summed E-state index contributed by atoms with van der Waals surface area (Å²) in [6.45, 7) is 3.43. The Morgan fingerprint density at radius 1 is 1.30 bits per heavy atom. The van der Waals surface area contributed by atoms with Gasteiger partial charge in [-0.05, 0) is 57.3 Å². The number of hydrogen-bond acceptors (Lipinski definition) is 6. The van der Waals surface area contributed by atoms with Crippen LogP contribution in [0.4, 0.5) is 5.82 Å². The van der Waals surface area contributed by atoms with E-state index in [1.165, 1.54) is 6.07 Å². The zero-order valence-electron chi connectivity index (χ0n) is 16.9. The van der Waals surface area contributed by atoms with Gasteiger partial charge in [0.05, 0.1) is 17.2 Å². The van der Waals surface area contributed by atoms with Crippen molar-refractivity contribution in [2.24, 2.45) is 5.92 Å². The van der Waals surface area contributed by atoms with Gasteiger partial charge in [-0.2, -0.15) is 10.5 Å². The Morgan fingerprint density at radius 2 is 1.93 bits per heavy atom. The van der Waals surface area contributed by atoms with Crippen LogP contribution in [-0.4, -0.2) is 47.3 Å². The van der Waals surface area contributed by atoms with Crippen LogP contribution in [0, 0.1) is 28.6 Å². The van der Waals surface area contributed by atoms with E-state index in [4.69, 9.17) is 27.9 Å². The largest absolute Gasteiger partial charge is 0.384 e. The number of aromatic nitrogens is 1. The summed E-state index contributed by atoms with van der Waals surface area (Å²) >= 11 is 9.05. The average molecular weight is 500 g/mol. The molecule has 4 N–H and O–H groups in total. The highest BCUT2D eigenvalue weighted by Gasteiger charge is 2.20. The number of nitriles is 2. The summed E-state index contributed by atoms with van der Waals surface area (Å²) < 4.78 is 0. The third-order valence-corrected chi connectivity index (χ3v) is 5.58. The smallest absolute Gasteiger partial charge is 0.262 e. The number of carbonyl (C=O) groups excluding carboxylic acids is 1. The molecular formula is C20H28BrClN6O2. The van der Waals surface area contributed by atoms with Crippen LogP contribution in [0.15, 0.2) is 10.9 Å². The molecule has 0 atom stereocenters. The zero-order valence-corrected chi connectivity index (χ0v) is 19.3. The van der Waals surface area contributed by atoms with Crippen molar-refractivity contribution in [2.75, 3.05) is 37.2 Å². The number of nitrogens with one attached hydrogen (secondary N) is 2. The van der Waals surface area contributed by atoms with Gasteiger partial charge >= 0.3 is 0 Å². The third kappa shape index (κ3) is 9.62. The molecule has 1 aliphatic heterocycles. The highest BCUT2D eigenvalue weighted by molar-refractivity contribution is 9.09. The molecular weight excluding hydrogens is 472 g/mol. The number of H-pyrrole nitrogens is 1. The normalized spacial score (nSPS) is 14.1. The van der Waals surface area contributed by atoms with Gasteiger partial charge in [0.2, 0.25) is 0 Å². The van der Waals surface area contributed by atoms with E-state index < -0.39 is 11.5 Å². The van der Waals surface area contributed by atoms with Crippen LogP contribution >= 0.6 is 27.5 Å². The molecule has 1 fully saturated rings. The molecule has 0 spiro atoms. The van der Waals surface area contributed by atoms with E-state index in [-0.39, 0.29) is 16.4 Å². The molecule has 8 nitrogen and oxygen atoms in total.